The first-order valence-corrected chi connectivity index (χ1v) is 11.4. The van der Waals surface area contributed by atoms with E-state index in [1.54, 1.807) is 47.4 Å². The standard InChI is InChI=1S/C20H21BrN2O4S/c21-17-8-6-16(7-9-17)19(24)22-12-10-20(11-13-22)23(14-15-27-20)28(25,26)18-4-2-1-3-5-18/h1-9H,10-15H2. The second-order valence-corrected chi connectivity index (χ2v) is 9.76. The summed E-state index contributed by atoms with van der Waals surface area (Å²) in [5.41, 5.74) is -0.245. The monoisotopic (exact) mass is 464 g/mol. The van der Waals surface area contributed by atoms with Crippen molar-refractivity contribution >= 4 is 31.9 Å². The van der Waals surface area contributed by atoms with E-state index >= 15 is 0 Å². The van der Waals surface area contributed by atoms with Crippen LogP contribution in [0, 0.1) is 0 Å². The van der Waals surface area contributed by atoms with Crippen LogP contribution in [0.15, 0.2) is 64.0 Å². The first-order chi connectivity index (χ1) is 13.4. The highest BCUT2D eigenvalue weighted by Gasteiger charge is 2.50. The van der Waals surface area contributed by atoms with Gasteiger partial charge in [0.1, 0.15) is 5.72 Å². The SMILES string of the molecule is O=C(c1ccc(Br)cc1)N1CCC2(CC1)OCCN2S(=O)(=O)c1ccccc1. The van der Waals surface area contributed by atoms with Gasteiger partial charge >= 0.3 is 0 Å². The molecule has 0 unspecified atom stereocenters. The molecule has 4 rings (SSSR count). The third-order valence-corrected chi connectivity index (χ3v) is 7.87. The third kappa shape index (κ3) is 3.50. The molecule has 0 aliphatic carbocycles. The number of hydrogen-bond donors (Lipinski definition) is 0. The fourth-order valence-electron chi connectivity index (χ4n) is 3.88. The van der Waals surface area contributed by atoms with Crippen LogP contribution in [0.3, 0.4) is 0 Å². The molecule has 2 heterocycles. The predicted molar refractivity (Wildman–Crippen MR) is 108 cm³/mol. The minimum absolute atomic E-state index is 0.0437. The Balaban J connectivity index is 1.51. The molecule has 2 aromatic carbocycles. The number of hydrogen-bond acceptors (Lipinski definition) is 4. The molecule has 0 aromatic heterocycles. The Morgan fingerprint density at radius 2 is 1.61 bits per heavy atom. The van der Waals surface area contributed by atoms with Gasteiger partial charge in [-0.25, -0.2) is 8.42 Å². The van der Waals surface area contributed by atoms with Crippen LogP contribution in [0.25, 0.3) is 0 Å². The lowest BCUT2D eigenvalue weighted by Crippen LogP contribution is -2.55. The van der Waals surface area contributed by atoms with Crippen LogP contribution < -0.4 is 0 Å². The van der Waals surface area contributed by atoms with Gasteiger partial charge in [-0.1, -0.05) is 34.1 Å². The van der Waals surface area contributed by atoms with Crippen LogP contribution in [-0.4, -0.2) is 55.5 Å². The zero-order chi connectivity index (χ0) is 19.8. The minimum atomic E-state index is -3.64. The quantitative estimate of drug-likeness (QED) is 0.699. The highest BCUT2D eigenvalue weighted by molar-refractivity contribution is 9.10. The molecular formula is C20H21BrN2O4S. The van der Waals surface area contributed by atoms with Gasteiger partial charge in [0.25, 0.3) is 5.91 Å². The fraction of sp³-hybridized carbons (Fsp3) is 0.350. The van der Waals surface area contributed by atoms with Gasteiger partial charge in [-0.15, -0.1) is 0 Å². The maximum atomic E-state index is 13.1. The molecule has 148 valence electrons. The lowest BCUT2D eigenvalue weighted by Gasteiger charge is -2.42. The lowest BCUT2D eigenvalue weighted by molar-refractivity contribution is -0.0857. The molecule has 2 aliphatic rings. The van der Waals surface area contributed by atoms with E-state index in [1.807, 2.05) is 12.1 Å². The van der Waals surface area contributed by atoms with E-state index < -0.39 is 15.7 Å². The Morgan fingerprint density at radius 1 is 0.964 bits per heavy atom. The van der Waals surface area contributed by atoms with Crippen LogP contribution in [0.4, 0.5) is 0 Å². The normalized spacial score (nSPS) is 19.8. The Bertz CT molecular complexity index is 955. The van der Waals surface area contributed by atoms with Crippen molar-refractivity contribution in [2.75, 3.05) is 26.2 Å². The molecule has 6 nitrogen and oxygen atoms in total. The average molecular weight is 465 g/mol. The number of benzene rings is 2. The van der Waals surface area contributed by atoms with Gasteiger partial charge in [-0.05, 0) is 36.4 Å². The molecule has 2 aromatic rings. The number of sulfonamides is 1. The van der Waals surface area contributed by atoms with E-state index in [1.165, 1.54) is 4.31 Å². The topological polar surface area (TPSA) is 66.9 Å². The molecule has 2 fully saturated rings. The number of likely N-dealkylation sites (tertiary alicyclic amines) is 1. The number of ether oxygens (including phenoxy) is 1. The van der Waals surface area contributed by atoms with Gasteiger partial charge in [0.05, 0.1) is 11.5 Å². The Labute approximate surface area is 173 Å². The highest BCUT2D eigenvalue weighted by atomic mass is 79.9. The van der Waals surface area contributed by atoms with Crippen molar-refractivity contribution in [2.45, 2.75) is 23.5 Å². The summed E-state index contributed by atoms with van der Waals surface area (Å²) in [6.45, 7) is 1.61. The number of piperidine rings is 1. The van der Waals surface area contributed by atoms with E-state index in [0.717, 1.165) is 4.47 Å². The van der Waals surface area contributed by atoms with Crippen molar-refractivity contribution in [1.29, 1.82) is 0 Å². The van der Waals surface area contributed by atoms with Gasteiger partial charge in [0.15, 0.2) is 0 Å². The number of carbonyl (C=O) groups is 1. The highest BCUT2D eigenvalue weighted by Crippen LogP contribution is 2.38. The molecule has 0 bridgehead atoms. The number of nitrogens with zero attached hydrogens (tertiary/aromatic N) is 2. The van der Waals surface area contributed by atoms with Crippen LogP contribution in [0.2, 0.25) is 0 Å². The summed E-state index contributed by atoms with van der Waals surface area (Å²) >= 11 is 3.37. The number of amides is 1. The number of carbonyl (C=O) groups excluding carboxylic acids is 1. The Morgan fingerprint density at radius 3 is 2.25 bits per heavy atom. The van der Waals surface area contributed by atoms with Crippen molar-refractivity contribution < 1.29 is 17.9 Å². The molecule has 0 atom stereocenters. The smallest absolute Gasteiger partial charge is 0.253 e. The van der Waals surface area contributed by atoms with E-state index in [4.69, 9.17) is 4.74 Å². The van der Waals surface area contributed by atoms with Crippen molar-refractivity contribution in [1.82, 2.24) is 9.21 Å². The minimum Gasteiger partial charge on any atom is -0.358 e. The number of rotatable bonds is 3. The third-order valence-electron chi connectivity index (χ3n) is 5.37. The second-order valence-electron chi connectivity index (χ2n) is 6.98. The maximum absolute atomic E-state index is 13.1. The number of halogens is 1. The van der Waals surface area contributed by atoms with Crippen LogP contribution in [0.5, 0.6) is 0 Å². The van der Waals surface area contributed by atoms with E-state index in [-0.39, 0.29) is 10.8 Å². The summed E-state index contributed by atoms with van der Waals surface area (Å²) in [6, 6.07) is 15.7. The Hall–Kier alpha value is -1.74. The van der Waals surface area contributed by atoms with Gasteiger partial charge < -0.3 is 9.64 Å². The summed E-state index contributed by atoms with van der Waals surface area (Å²) in [7, 11) is -3.64. The molecule has 1 spiro atoms. The van der Waals surface area contributed by atoms with Crippen LogP contribution >= 0.6 is 15.9 Å². The van der Waals surface area contributed by atoms with E-state index in [0.29, 0.717) is 44.6 Å². The van der Waals surface area contributed by atoms with Crippen molar-refractivity contribution in [3.05, 3.63) is 64.6 Å². The summed E-state index contributed by atoms with van der Waals surface area (Å²) in [5, 5.41) is 0. The summed E-state index contributed by atoms with van der Waals surface area (Å²) < 4.78 is 34.6. The molecule has 1 amide bonds. The predicted octanol–water partition coefficient (Wildman–Crippen LogP) is 3.10. The van der Waals surface area contributed by atoms with Crippen molar-refractivity contribution in [3.8, 4) is 0 Å². The first-order valence-electron chi connectivity index (χ1n) is 9.19. The molecular weight excluding hydrogens is 444 g/mol. The summed E-state index contributed by atoms with van der Waals surface area (Å²) in [4.78, 5) is 14.8. The Kier molecular flexibility index (Phi) is 5.30. The molecule has 0 radical (unpaired) electrons. The molecule has 0 N–H and O–H groups in total. The van der Waals surface area contributed by atoms with Crippen LogP contribution in [-0.2, 0) is 14.8 Å². The second kappa shape index (κ2) is 7.59. The van der Waals surface area contributed by atoms with Crippen molar-refractivity contribution in [2.24, 2.45) is 0 Å². The van der Waals surface area contributed by atoms with E-state index in [2.05, 4.69) is 15.9 Å². The van der Waals surface area contributed by atoms with Gasteiger partial charge in [0.2, 0.25) is 10.0 Å². The average Bonchev–Trinajstić information content (AvgIpc) is 3.13. The molecule has 8 heteroatoms. The van der Waals surface area contributed by atoms with Gasteiger partial charge in [0, 0.05) is 42.5 Å². The molecule has 2 saturated heterocycles. The largest absolute Gasteiger partial charge is 0.358 e. The van der Waals surface area contributed by atoms with E-state index in [9.17, 15) is 13.2 Å². The first kappa shape index (κ1) is 19.6. The summed E-state index contributed by atoms with van der Waals surface area (Å²) in [6.07, 6.45) is 0.919. The van der Waals surface area contributed by atoms with Crippen LogP contribution in [0.1, 0.15) is 23.2 Å². The molecule has 2 aliphatic heterocycles. The van der Waals surface area contributed by atoms with Gasteiger partial charge in [-0.3, -0.25) is 4.79 Å². The van der Waals surface area contributed by atoms with Crippen molar-refractivity contribution in [3.63, 3.8) is 0 Å². The molecule has 0 saturated carbocycles. The lowest BCUT2D eigenvalue weighted by atomic mass is 10.00. The zero-order valence-electron chi connectivity index (χ0n) is 15.3. The fourth-order valence-corrected chi connectivity index (χ4v) is 5.89. The summed E-state index contributed by atoms with van der Waals surface area (Å²) in [5.74, 6) is -0.0437. The molecule has 28 heavy (non-hydrogen) atoms. The maximum Gasteiger partial charge on any atom is 0.253 e. The van der Waals surface area contributed by atoms with Gasteiger partial charge in [-0.2, -0.15) is 4.31 Å². The zero-order valence-corrected chi connectivity index (χ0v) is 17.7.